The second kappa shape index (κ2) is 7.26. The molecule has 114 valence electrons. The molecule has 1 N–H and O–H groups in total. The zero-order valence-electron chi connectivity index (χ0n) is 12.6. The Morgan fingerprint density at radius 1 is 1.41 bits per heavy atom. The minimum Gasteiger partial charge on any atom is -0.489 e. The van der Waals surface area contributed by atoms with Gasteiger partial charge in [0.15, 0.2) is 0 Å². The van der Waals surface area contributed by atoms with Crippen LogP contribution in [0.2, 0.25) is 0 Å². The van der Waals surface area contributed by atoms with Gasteiger partial charge in [-0.05, 0) is 32.0 Å². The van der Waals surface area contributed by atoms with E-state index in [1.165, 1.54) is 0 Å². The Hall–Kier alpha value is -2.82. The molecule has 1 aromatic carbocycles. The normalized spacial score (nSPS) is 10.6. The van der Waals surface area contributed by atoms with Gasteiger partial charge in [0, 0.05) is 5.56 Å². The molecule has 0 aliphatic carbocycles. The van der Waals surface area contributed by atoms with Crippen molar-refractivity contribution < 1.29 is 13.9 Å². The number of carbonyl (C=O) groups is 1. The van der Waals surface area contributed by atoms with E-state index in [0.29, 0.717) is 29.4 Å². The van der Waals surface area contributed by atoms with Crippen LogP contribution in [0.5, 0.6) is 5.75 Å². The second-order valence-corrected chi connectivity index (χ2v) is 4.66. The van der Waals surface area contributed by atoms with Crippen LogP contribution in [0, 0.1) is 13.8 Å². The molecule has 0 saturated heterocycles. The van der Waals surface area contributed by atoms with Crippen molar-refractivity contribution >= 4 is 12.1 Å². The van der Waals surface area contributed by atoms with Gasteiger partial charge in [-0.3, -0.25) is 4.79 Å². The molecule has 2 aromatic rings. The first-order valence-corrected chi connectivity index (χ1v) is 6.85. The molecule has 5 nitrogen and oxygen atoms in total. The maximum Gasteiger partial charge on any atom is 0.274 e. The summed E-state index contributed by atoms with van der Waals surface area (Å²) in [7, 11) is 0. The van der Waals surface area contributed by atoms with Crippen LogP contribution in [0.25, 0.3) is 0 Å². The summed E-state index contributed by atoms with van der Waals surface area (Å²) in [6.07, 6.45) is 3.21. The molecule has 0 aliphatic heterocycles. The minimum absolute atomic E-state index is 0.310. The van der Waals surface area contributed by atoms with E-state index in [1.54, 1.807) is 32.2 Å². The molecule has 0 saturated carbocycles. The number of benzene rings is 1. The van der Waals surface area contributed by atoms with Crippen molar-refractivity contribution in [1.82, 2.24) is 5.43 Å². The van der Waals surface area contributed by atoms with Crippen LogP contribution < -0.4 is 10.2 Å². The van der Waals surface area contributed by atoms with Gasteiger partial charge in [0.25, 0.3) is 5.91 Å². The van der Waals surface area contributed by atoms with Crippen molar-refractivity contribution in [2.45, 2.75) is 13.8 Å². The summed E-state index contributed by atoms with van der Waals surface area (Å²) in [5, 5.41) is 3.96. The van der Waals surface area contributed by atoms with Crippen LogP contribution in [0.1, 0.15) is 27.4 Å². The first kappa shape index (κ1) is 15.6. The van der Waals surface area contributed by atoms with E-state index in [9.17, 15) is 4.79 Å². The highest BCUT2D eigenvalue weighted by molar-refractivity contribution is 5.96. The molecular formula is C17H18N2O3. The molecule has 2 rings (SSSR count). The third-order valence-corrected chi connectivity index (χ3v) is 2.93. The third kappa shape index (κ3) is 3.85. The zero-order chi connectivity index (χ0) is 15.9. The van der Waals surface area contributed by atoms with E-state index in [0.717, 1.165) is 5.56 Å². The number of rotatable bonds is 6. The molecular weight excluding hydrogens is 280 g/mol. The van der Waals surface area contributed by atoms with Crippen molar-refractivity contribution in [3.8, 4) is 5.75 Å². The number of hydrogen-bond acceptors (Lipinski definition) is 4. The SMILES string of the molecule is C=CCOc1ccccc1/C=N\NC(=O)c1cc(C)oc1C. The highest BCUT2D eigenvalue weighted by Crippen LogP contribution is 2.16. The third-order valence-electron chi connectivity index (χ3n) is 2.93. The first-order chi connectivity index (χ1) is 10.6. The second-order valence-electron chi connectivity index (χ2n) is 4.66. The van der Waals surface area contributed by atoms with E-state index in [2.05, 4.69) is 17.1 Å². The Balaban J connectivity index is 2.05. The number of hydrazone groups is 1. The zero-order valence-corrected chi connectivity index (χ0v) is 12.6. The summed E-state index contributed by atoms with van der Waals surface area (Å²) in [4.78, 5) is 12.0. The molecule has 0 aliphatic rings. The smallest absolute Gasteiger partial charge is 0.274 e. The molecule has 0 atom stereocenters. The number of nitrogens with one attached hydrogen (secondary N) is 1. The molecule has 5 heteroatoms. The van der Waals surface area contributed by atoms with Crippen LogP contribution in [-0.4, -0.2) is 18.7 Å². The lowest BCUT2D eigenvalue weighted by molar-refractivity contribution is 0.0953. The predicted octanol–water partition coefficient (Wildman–Crippen LogP) is 3.23. The molecule has 1 heterocycles. The quantitative estimate of drug-likeness (QED) is 0.506. The lowest BCUT2D eigenvalue weighted by Gasteiger charge is -2.06. The summed E-state index contributed by atoms with van der Waals surface area (Å²) in [5.41, 5.74) is 3.73. The van der Waals surface area contributed by atoms with Gasteiger partial charge in [0.05, 0.1) is 11.8 Å². The number of para-hydroxylation sites is 1. The van der Waals surface area contributed by atoms with Gasteiger partial charge in [0.2, 0.25) is 0 Å². The van der Waals surface area contributed by atoms with Crippen LogP contribution in [0.15, 0.2) is 52.5 Å². The molecule has 0 unspecified atom stereocenters. The van der Waals surface area contributed by atoms with Gasteiger partial charge in [-0.2, -0.15) is 5.10 Å². The Kier molecular flexibility index (Phi) is 5.14. The maximum absolute atomic E-state index is 12.0. The number of furan rings is 1. The van der Waals surface area contributed by atoms with E-state index >= 15 is 0 Å². The fourth-order valence-corrected chi connectivity index (χ4v) is 1.94. The predicted molar refractivity (Wildman–Crippen MR) is 85.4 cm³/mol. The summed E-state index contributed by atoms with van der Waals surface area (Å²) in [5.74, 6) is 1.63. The van der Waals surface area contributed by atoms with E-state index in [4.69, 9.17) is 9.15 Å². The number of aryl methyl sites for hydroxylation is 2. The molecule has 0 radical (unpaired) electrons. The van der Waals surface area contributed by atoms with Crippen molar-refractivity contribution in [1.29, 1.82) is 0 Å². The summed E-state index contributed by atoms with van der Waals surface area (Å²) < 4.78 is 10.8. The molecule has 1 amide bonds. The van der Waals surface area contributed by atoms with E-state index in [1.807, 2.05) is 24.3 Å². The molecule has 0 fully saturated rings. The monoisotopic (exact) mass is 298 g/mol. The summed E-state index contributed by atoms with van der Waals surface area (Å²) in [6, 6.07) is 9.10. The van der Waals surface area contributed by atoms with Crippen LogP contribution >= 0.6 is 0 Å². The first-order valence-electron chi connectivity index (χ1n) is 6.85. The number of ether oxygens (including phenoxy) is 1. The topological polar surface area (TPSA) is 63.8 Å². The van der Waals surface area contributed by atoms with Crippen molar-refractivity contribution in [3.05, 3.63) is 65.6 Å². The highest BCUT2D eigenvalue weighted by Gasteiger charge is 2.12. The average Bonchev–Trinajstić information content (AvgIpc) is 2.85. The molecule has 22 heavy (non-hydrogen) atoms. The van der Waals surface area contributed by atoms with Gasteiger partial charge < -0.3 is 9.15 Å². The molecule has 1 aromatic heterocycles. The lowest BCUT2D eigenvalue weighted by Crippen LogP contribution is -2.17. The Morgan fingerprint density at radius 3 is 2.86 bits per heavy atom. The van der Waals surface area contributed by atoms with Gasteiger partial charge in [-0.1, -0.05) is 24.8 Å². The molecule has 0 bridgehead atoms. The largest absolute Gasteiger partial charge is 0.489 e. The average molecular weight is 298 g/mol. The van der Waals surface area contributed by atoms with Gasteiger partial charge in [-0.15, -0.1) is 0 Å². The standard InChI is InChI=1S/C17H18N2O3/c1-4-9-21-16-8-6-5-7-14(16)11-18-19-17(20)15-10-12(2)22-13(15)3/h4-8,10-11H,1,9H2,2-3H3,(H,19,20)/b18-11-. The fraction of sp³-hybridized carbons (Fsp3) is 0.176. The Bertz CT molecular complexity index is 702. The summed E-state index contributed by atoms with van der Waals surface area (Å²) >= 11 is 0. The highest BCUT2D eigenvalue weighted by atomic mass is 16.5. The lowest BCUT2D eigenvalue weighted by atomic mass is 10.2. The number of amides is 1. The number of nitrogens with zero attached hydrogens (tertiary/aromatic N) is 1. The van der Waals surface area contributed by atoms with Crippen LogP contribution in [0.4, 0.5) is 0 Å². The van der Waals surface area contributed by atoms with E-state index < -0.39 is 0 Å². The van der Waals surface area contributed by atoms with Crippen molar-refractivity contribution in [2.24, 2.45) is 5.10 Å². The fourth-order valence-electron chi connectivity index (χ4n) is 1.94. The van der Waals surface area contributed by atoms with Gasteiger partial charge >= 0.3 is 0 Å². The van der Waals surface area contributed by atoms with Crippen molar-refractivity contribution in [2.75, 3.05) is 6.61 Å². The Labute approximate surface area is 129 Å². The molecule has 0 spiro atoms. The van der Waals surface area contributed by atoms with Crippen molar-refractivity contribution in [3.63, 3.8) is 0 Å². The Morgan fingerprint density at radius 2 is 2.18 bits per heavy atom. The number of carbonyl (C=O) groups excluding carboxylic acids is 1. The van der Waals surface area contributed by atoms with E-state index in [-0.39, 0.29) is 5.91 Å². The maximum atomic E-state index is 12.0. The number of hydrogen-bond donors (Lipinski definition) is 1. The van der Waals surface area contributed by atoms with Crippen LogP contribution in [0.3, 0.4) is 0 Å². The van der Waals surface area contributed by atoms with Gasteiger partial charge in [0.1, 0.15) is 23.9 Å². The van der Waals surface area contributed by atoms with Gasteiger partial charge in [-0.25, -0.2) is 5.43 Å². The van der Waals surface area contributed by atoms with Crippen LogP contribution in [-0.2, 0) is 0 Å². The summed E-state index contributed by atoms with van der Waals surface area (Å²) in [6.45, 7) is 7.55. The minimum atomic E-state index is -0.310.